The number of nitriles is 1. The molecule has 2 rings (SSSR count). The molecule has 8 heteroatoms. The SMILES string of the molecule is N#Cc1c(-c2cccc(OC(F)(F)F)c2)[nH]c(Cl)c1Cl. The number of rotatable bonds is 2. The molecule has 0 spiro atoms. The second-order valence-corrected chi connectivity index (χ2v) is 4.45. The van der Waals surface area contributed by atoms with E-state index in [9.17, 15) is 13.2 Å². The van der Waals surface area contributed by atoms with Crippen molar-refractivity contribution < 1.29 is 17.9 Å². The van der Waals surface area contributed by atoms with Gasteiger partial charge in [-0.15, -0.1) is 13.2 Å². The van der Waals surface area contributed by atoms with Crippen molar-refractivity contribution in [3.8, 4) is 23.1 Å². The summed E-state index contributed by atoms with van der Waals surface area (Å²) in [7, 11) is 0. The van der Waals surface area contributed by atoms with E-state index in [1.165, 1.54) is 12.1 Å². The van der Waals surface area contributed by atoms with Crippen LogP contribution in [0.15, 0.2) is 24.3 Å². The van der Waals surface area contributed by atoms with E-state index < -0.39 is 12.1 Å². The Morgan fingerprint density at radius 3 is 2.55 bits per heavy atom. The van der Waals surface area contributed by atoms with Crippen LogP contribution in [0.1, 0.15) is 5.56 Å². The molecule has 1 N–H and O–H groups in total. The molecule has 0 unspecified atom stereocenters. The third-order valence-corrected chi connectivity index (χ3v) is 3.12. The van der Waals surface area contributed by atoms with Crippen LogP contribution in [0.25, 0.3) is 11.3 Å². The maximum atomic E-state index is 12.2. The second-order valence-electron chi connectivity index (χ2n) is 3.69. The minimum Gasteiger partial charge on any atom is -0.406 e. The van der Waals surface area contributed by atoms with Gasteiger partial charge in [-0.25, -0.2) is 0 Å². The number of hydrogen-bond acceptors (Lipinski definition) is 2. The summed E-state index contributed by atoms with van der Waals surface area (Å²) in [5, 5.41) is 9.07. The van der Waals surface area contributed by atoms with Crippen LogP contribution in [0.4, 0.5) is 13.2 Å². The minimum atomic E-state index is -4.79. The molecular formula is C12H5Cl2F3N2O. The highest BCUT2D eigenvalue weighted by molar-refractivity contribution is 6.42. The Labute approximate surface area is 121 Å². The van der Waals surface area contributed by atoms with Crippen LogP contribution in [0.2, 0.25) is 10.2 Å². The van der Waals surface area contributed by atoms with Crippen LogP contribution in [0, 0.1) is 11.3 Å². The topological polar surface area (TPSA) is 48.8 Å². The molecule has 0 amide bonds. The van der Waals surface area contributed by atoms with Gasteiger partial charge in [0.15, 0.2) is 0 Å². The fourth-order valence-electron chi connectivity index (χ4n) is 1.62. The molecule has 1 aromatic carbocycles. The zero-order valence-electron chi connectivity index (χ0n) is 9.55. The first-order valence-electron chi connectivity index (χ1n) is 5.15. The first kappa shape index (κ1) is 14.6. The van der Waals surface area contributed by atoms with E-state index in [1.807, 2.05) is 6.07 Å². The molecule has 0 saturated carbocycles. The van der Waals surface area contributed by atoms with Gasteiger partial charge in [-0.3, -0.25) is 0 Å². The van der Waals surface area contributed by atoms with E-state index in [2.05, 4.69) is 9.72 Å². The van der Waals surface area contributed by atoms with Gasteiger partial charge in [-0.05, 0) is 12.1 Å². The highest BCUT2D eigenvalue weighted by Crippen LogP contribution is 2.35. The summed E-state index contributed by atoms with van der Waals surface area (Å²) >= 11 is 11.6. The number of H-pyrrole nitrogens is 1. The van der Waals surface area contributed by atoms with Crippen LogP contribution >= 0.6 is 23.2 Å². The molecule has 0 radical (unpaired) electrons. The van der Waals surface area contributed by atoms with Crippen molar-refractivity contribution in [3.05, 3.63) is 40.0 Å². The maximum Gasteiger partial charge on any atom is 0.573 e. The van der Waals surface area contributed by atoms with Crippen molar-refractivity contribution >= 4 is 23.2 Å². The smallest absolute Gasteiger partial charge is 0.406 e. The molecule has 0 aliphatic heterocycles. The number of aromatic amines is 1. The molecule has 0 aliphatic carbocycles. The van der Waals surface area contributed by atoms with Crippen LogP contribution in [-0.2, 0) is 0 Å². The number of ether oxygens (including phenoxy) is 1. The first-order chi connectivity index (χ1) is 9.31. The van der Waals surface area contributed by atoms with Gasteiger partial charge in [-0.1, -0.05) is 35.3 Å². The van der Waals surface area contributed by atoms with E-state index in [-0.39, 0.29) is 21.4 Å². The molecule has 0 aliphatic rings. The van der Waals surface area contributed by atoms with E-state index in [0.29, 0.717) is 5.56 Å². The number of hydrogen-bond donors (Lipinski definition) is 1. The van der Waals surface area contributed by atoms with Gasteiger partial charge in [0.1, 0.15) is 17.0 Å². The molecule has 0 bridgehead atoms. The summed E-state index contributed by atoms with van der Waals surface area (Å²) in [4.78, 5) is 2.64. The quantitative estimate of drug-likeness (QED) is 0.867. The monoisotopic (exact) mass is 320 g/mol. The van der Waals surface area contributed by atoms with Crippen LogP contribution < -0.4 is 4.74 Å². The van der Waals surface area contributed by atoms with Crippen LogP contribution in [0.5, 0.6) is 5.75 Å². The van der Waals surface area contributed by atoms with Crippen molar-refractivity contribution in [1.29, 1.82) is 5.26 Å². The number of nitrogens with zero attached hydrogens (tertiary/aromatic N) is 1. The number of alkyl halides is 3. The summed E-state index contributed by atoms with van der Waals surface area (Å²) in [6, 6.07) is 6.98. The summed E-state index contributed by atoms with van der Waals surface area (Å²) in [5.74, 6) is -0.402. The summed E-state index contributed by atoms with van der Waals surface area (Å²) in [6.45, 7) is 0. The highest BCUT2D eigenvalue weighted by atomic mass is 35.5. The van der Waals surface area contributed by atoms with Crippen molar-refractivity contribution in [2.45, 2.75) is 6.36 Å². The lowest BCUT2D eigenvalue weighted by molar-refractivity contribution is -0.274. The van der Waals surface area contributed by atoms with E-state index >= 15 is 0 Å². The van der Waals surface area contributed by atoms with Crippen molar-refractivity contribution in [3.63, 3.8) is 0 Å². The van der Waals surface area contributed by atoms with Gasteiger partial charge in [0.25, 0.3) is 0 Å². The van der Waals surface area contributed by atoms with Gasteiger partial charge in [0.05, 0.1) is 16.3 Å². The van der Waals surface area contributed by atoms with E-state index in [0.717, 1.165) is 12.1 Å². The van der Waals surface area contributed by atoms with Gasteiger partial charge < -0.3 is 9.72 Å². The zero-order valence-corrected chi connectivity index (χ0v) is 11.1. The van der Waals surface area contributed by atoms with E-state index in [1.54, 1.807) is 0 Å². The van der Waals surface area contributed by atoms with Crippen molar-refractivity contribution in [2.24, 2.45) is 0 Å². The number of nitrogens with one attached hydrogen (secondary N) is 1. The molecular weight excluding hydrogens is 316 g/mol. The predicted octanol–water partition coefficient (Wildman–Crippen LogP) is 4.76. The summed E-state index contributed by atoms with van der Waals surface area (Å²) in [5.41, 5.74) is 0.591. The minimum absolute atomic E-state index is 0.0197. The van der Waals surface area contributed by atoms with Gasteiger partial charge in [0.2, 0.25) is 0 Å². The lowest BCUT2D eigenvalue weighted by atomic mass is 10.1. The lowest BCUT2D eigenvalue weighted by Crippen LogP contribution is -2.17. The Hall–Kier alpha value is -1.84. The van der Waals surface area contributed by atoms with Crippen LogP contribution in [-0.4, -0.2) is 11.3 Å². The molecule has 2 aromatic rings. The molecule has 1 heterocycles. The average Bonchev–Trinajstić information content (AvgIpc) is 2.64. The molecule has 0 atom stereocenters. The molecule has 0 saturated heterocycles. The zero-order chi connectivity index (χ0) is 14.9. The average molecular weight is 321 g/mol. The largest absolute Gasteiger partial charge is 0.573 e. The fourth-order valence-corrected chi connectivity index (χ4v) is 1.99. The third kappa shape index (κ3) is 3.00. The lowest BCUT2D eigenvalue weighted by Gasteiger charge is -2.09. The molecule has 20 heavy (non-hydrogen) atoms. The summed E-state index contributed by atoms with van der Waals surface area (Å²) in [6.07, 6.45) is -4.79. The van der Waals surface area contributed by atoms with Crippen molar-refractivity contribution in [2.75, 3.05) is 0 Å². The summed E-state index contributed by atoms with van der Waals surface area (Å²) < 4.78 is 40.3. The molecule has 0 fully saturated rings. The standard InChI is InChI=1S/C12H5Cl2F3N2O/c13-9-8(5-18)10(19-11(9)14)6-2-1-3-7(4-6)20-12(15,16)17/h1-4,19H. The Morgan fingerprint density at radius 2 is 1.95 bits per heavy atom. The number of aromatic nitrogens is 1. The van der Waals surface area contributed by atoms with Gasteiger partial charge in [-0.2, -0.15) is 5.26 Å². The van der Waals surface area contributed by atoms with Crippen LogP contribution in [0.3, 0.4) is 0 Å². The predicted molar refractivity (Wildman–Crippen MR) is 67.6 cm³/mol. The molecule has 3 nitrogen and oxygen atoms in total. The highest BCUT2D eigenvalue weighted by Gasteiger charge is 2.31. The fraction of sp³-hybridized carbons (Fsp3) is 0.0833. The third-order valence-electron chi connectivity index (χ3n) is 2.37. The second kappa shape index (κ2) is 5.27. The first-order valence-corrected chi connectivity index (χ1v) is 5.90. The number of benzene rings is 1. The Bertz CT molecular complexity index is 689. The van der Waals surface area contributed by atoms with E-state index in [4.69, 9.17) is 28.5 Å². The van der Waals surface area contributed by atoms with Gasteiger partial charge >= 0.3 is 6.36 Å². The Morgan fingerprint density at radius 1 is 1.25 bits per heavy atom. The Kier molecular flexibility index (Phi) is 3.84. The molecule has 104 valence electrons. The Balaban J connectivity index is 2.47. The maximum absolute atomic E-state index is 12.2. The van der Waals surface area contributed by atoms with Gasteiger partial charge in [0, 0.05) is 5.56 Å². The molecule has 1 aromatic heterocycles. The number of halogens is 5. The normalized spacial score (nSPS) is 11.2. The van der Waals surface area contributed by atoms with Crippen molar-refractivity contribution in [1.82, 2.24) is 4.98 Å².